The molecule has 2 atom stereocenters. The van der Waals surface area contributed by atoms with Crippen LogP contribution in [0.1, 0.15) is 60.3 Å². The average molecular weight is 663 g/mol. The Morgan fingerprint density at radius 3 is 2.60 bits per heavy atom. The molecule has 2 amide bonds. The minimum Gasteiger partial charge on any atom is -0.394 e. The summed E-state index contributed by atoms with van der Waals surface area (Å²) in [4.78, 5) is 47.0. The lowest BCUT2D eigenvalue weighted by Gasteiger charge is -2.33. The maximum atomic E-state index is 13.6. The summed E-state index contributed by atoms with van der Waals surface area (Å²) in [5, 5.41) is 16.9. The van der Waals surface area contributed by atoms with Crippen LogP contribution in [0.5, 0.6) is 0 Å². The van der Waals surface area contributed by atoms with Gasteiger partial charge in [0.1, 0.15) is 11.9 Å². The van der Waals surface area contributed by atoms with E-state index < -0.39 is 12.1 Å². The summed E-state index contributed by atoms with van der Waals surface area (Å²) in [5.41, 5.74) is 3.12. The fourth-order valence-corrected chi connectivity index (χ4v) is 6.74. The minimum absolute atomic E-state index is 0.250. The molecule has 13 heteroatoms. The number of nitrogens with one attached hydrogen (secondary N) is 2. The van der Waals surface area contributed by atoms with E-state index in [9.17, 15) is 14.7 Å². The Bertz CT molecular complexity index is 1590. The number of methoxy groups -OCH3 is 1. The van der Waals surface area contributed by atoms with E-state index in [0.717, 1.165) is 63.2 Å². The fourth-order valence-electron chi connectivity index (χ4n) is 6.54. The lowest BCUT2D eigenvalue weighted by atomic mass is 9.93. The van der Waals surface area contributed by atoms with Crippen molar-refractivity contribution in [1.82, 2.24) is 30.1 Å². The molecular formula is C34H43ClN8O4. The molecule has 2 aromatic heterocycles. The summed E-state index contributed by atoms with van der Waals surface area (Å²) >= 11 is 6.54. The summed E-state index contributed by atoms with van der Waals surface area (Å²) in [6, 6.07) is 9.97. The SMILES string of the molecule is CO[C@H]1CC[C@H](Nc2ncc(Cl)c(-c3ccc4c(c3)C(=O)N([C@H](C)C(=O)N[C@H](CO)c3cccc(N5CCN(C)CC5)n3)C4)n2)CC1. The highest BCUT2D eigenvalue weighted by Gasteiger charge is 2.35. The first-order chi connectivity index (χ1) is 22.7. The summed E-state index contributed by atoms with van der Waals surface area (Å²) < 4.78 is 5.48. The maximum absolute atomic E-state index is 13.6. The summed E-state index contributed by atoms with van der Waals surface area (Å²) in [5.74, 6) is 0.689. The van der Waals surface area contributed by atoms with E-state index in [-0.39, 0.29) is 24.5 Å². The van der Waals surface area contributed by atoms with Crippen LogP contribution < -0.4 is 15.5 Å². The van der Waals surface area contributed by atoms with Crippen LogP contribution in [0.3, 0.4) is 0 Å². The zero-order valence-corrected chi connectivity index (χ0v) is 27.9. The number of ether oxygens (including phenoxy) is 1. The lowest BCUT2D eigenvalue weighted by Crippen LogP contribution is -2.47. The number of aromatic nitrogens is 3. The Hall–Kier alpha value is -3.84. The smallest absolute Gasteiger partial charge is 0.255 e. The van der Waals surface area contributed by atoms with Gasteiger partial charge in [-0.05, 0) is 63.4 Å². The van der Waals surface area contributed by atoms with Crippen LogP contribution in [0, 0.1) is 0 Å². The van der Waals surface area contributed by atoms with E-state index in [1.165, 1.54) is 4.90 Å². The molecule has 1 aliphatic carbocycles. The molecule has 1 saturated carbocycles. The van der Waals surface area contributed by atoms with Crippen LogP contribution in [0.25, 0.3) is 11.3 Å². The van der Waals surface area contributed by atoms with Crippen LogP contribution in [0.2, 0.25) is 5.02 Å². The van der Waals surface area contributed by atoms with Crippen molar-refractivity contribution in [3.05, 3.63) is 64.4 Å². The molecule has 0 unspecified atom stereocenters. The number of hydrogen-bond donors (Lipinski definition) is 3. The van der Waals surface area contributed by atoms with Gasteiger partial charge in [0.2, 0.25) is 11.9 Å². The molecule has 12 nitrogen and oxygen atoms in total. The van der Waals surface area contributed by atoms with Crippen LogP contribution in [-0.4, -0.2) is 107 Å². The highest BCUT2D eigenvalue weighted by Crippen LogP contribution is 2.33. The van der Waals surface area contributed by atoms with Crippen molar-refractivity contribution in [2.75, 3.05) is 57.2 Å². The van der Waals surface area contributed by atoms with E-state index >= 15 is 0 Å². The van der Waals surface area contributed by atoms with E-state index in [1.54, 1.807) is 32.4 Å². The summed E-state index contributed by atoms with van der Waals surface area (Å²) in [6.07, 6.45) is 5.77. The van der Waals surface area contributed by atoms with Crippen LogP contribution >= 0.6 is 11.6 Å². The van der Waals surface area contributed by atoms with Crippen molar-refractivity contribution < 1.29 is 19.4 Å². The van der Waals surface area contributed by atoms with E-state index in [2.05, 4.69) is 32.5 Å². The van der Waals surface area contributed by atoms with Gasteiger partial charge in [0.15, 0.2) is 0 Å². The number of benzene rings is 1. The number of anilines is 2. The third kappa shape index (κ3) is 7.35. The van der Waals surface area contributed by atoms with Gasteiger partial charge in [0.25, 0.3) is 5.91 Å². The maximum Gasteiger partial charge on any atom is 0.255 e. The van der Waals surface area contributed by atoms with Crippen LogP contribution in [0.15, 0.2) is 42.6 Å². The predicted octanol–water partition coefficient (Wildman–Crippen LogP) is 3.51. The molecule has 0 bridgehead atoms. The third-order valence-corrected chi connectivity index (χ3v) is 9.86. The molecule has 6 rings (SSSR count). The van der Waals surface area contributed by atoms with Gasteiger partial charge in [0, 0.05) is 57.0 Å². The van der Waals surface area contributed by atoms with Gasteiger partial charge in [0.05, 0.1) is 41.4 Å². The van der Waals surface area contributed by atoms with Crippen molar-refractivity contribution >= 4 is 35.2 Å². The number of carbonyl (C=O) groups excluding carboxylic acids is 2. The molecule has 3 aromatic rings. The van der Waals surface area contributed by atoms with Crippen molar-refractivity contribution in [2.24, 2.45) is 0 Å². The first kappa shape index (κ1) is 33.1. The van der Waals surface area contributed by atoms with Gasteiger partial charge < -0.3 is 35.2 Å². The summed E-state index contributed by atoms with van der Waals surface area (Å²) in [6.45, 7) is 5.27. The normalized spacial score (nSPS) is 21.3. The van der Waals surface area contributed by atoms with E-state index in [4.69, 9.17) is 26.3 Å². The van der Waals surface area contributed by atoms with Gasteiger partial charge in [-0.25, -0.2) is 15.0 Å². The largest absolute Gasteiger partial charge is 0.394 e. The molecular weight excluding hydrogens is 620 g/mol. The highest BCUT2D eigenvalue weighted by atomic mass is 35.5. The first-order valence-corrected chi connectivity index (χ1v) is 16.7. The van der Waals surface area contributed by atoms with Crippen LogP contribution in [-0.2, 0) is 16.1 Å². The standard InChI is InChI=1S/C34H43ClN8O4/c1-21(32(45)39-29(20-44)28-5-4-6-30(38-28)42-15-13-41(2)14-16-42)43-19-23-8-7-22(17-26(23)33(43)46)31-27(35)18-36-34(40-31)37-24-9-11-25(47-3)12-10-24/h4-8,17-18,21,24-25,29,44H,9-16,19-20H2,1-3H3,(H,39,45)(H,36,37,40)/t21-,24-,25-,29-/m1/s1. The zero-order valence-electron chi connectivity index (χ0n) is 27.2. The molecule has 3 aliphatic rings. The topological polar surface area (TPSA) is 136 Å². The molecule has 1 aromatic carbocycles. The molecule has 2 fully saturated rings. The molecule has 0 spiro atoms. The molecule has 4 heterocycles. The predicted molar refractivity (Wildman–Crippen MR) is 180 cm³/mol. The molecule has 250 valence electrons. The number of carbonyl (C=O) groups is 2. The molecule has 3 N–H and O–H groups in total. The van der Waals surface area contributed by atoms with Gasteiger partial charge in [-0.1, -0.05) is 29.8 Å². The molecule has 0 radical (unpaired) electrons. The minimum atomic E-state index is -0.778. The molecule has 2 aliphatic heterocycles. The Morgan fingerprint density at radius 2 is 1.87 bits per heavy atom. The molecule has 47 heavy (non-hydrogen) atoms. The number of fused-ring (bicyclic) bond motifs is 1. The van der Waals surface area contributed by atoms with Gasteiger partial charge in [-0.2, -0.15) is 0 Å². The number of hydrogen-bond acceptors (Lipinski definition) is 10. The number of piperazine rings is 1. The van der Waals surface area contributed by atoms with Crippen molar-refractivity contribution in [1.29, 1.82) is 0 Å². The molecule has 1 saturated heterocycles. The number of halogens is 1. The van der Waals surface area contributed by atoms with Crippen molar-refractivity contribution in [3.8, 4) is 11.3 Å². The Labute approximate surface area is 280 Å². The number of pyridine rings is 1. The number of amides is 2. The third-order valence-electron chi connectivity index (χ3n) is 9.59. The fraction of sp³-hybridized carbons (Fsp3) is 0.500. The van der Waals surface area contributed by atoms with Crippen molar-refractivity contribution in [3.63, 3.8) is 0 Å². The Morgan fingerprint density at radius 1 is 1.11 bits per heavy atom. The second-order valence-electron chi connectivity index (χ2n) is 12.7. The van der Waals surface area contributed by atoms with E-state index in [0.29, 0.717) is 46.1 Å². The second kappa shape index (κ2) is 14.5. The van der Waals surface area contributed by atoms with E-state index in [1.807, 2.05) is 24.3 Å². The number of likely N-dealkylation sites (N-methyl/N-ethyl adjacent to an activating group) is 1. The number of rotatable bonds is 10. The number of aliphatic hydroxyl groups excluding tert-OH is 1. The van der Waals surface area contributed by atoms with Gasteiger partial charge in [-0.3, -0.25) is 9.59 Å². The summed E-state index contributed by atoms with van der Waals surface area (Å²) in [7, 11) is 3.85. The Balaban J connectivity index is 1.12. The van der Waals surface area contributed by atoms with Gasteiger partial charge >= 0.3 is 0 Å². The number of nitrogens with zero attached hydrogens (tertiary/aromatic N) is 6. The highest BCUT2D eigenvalue weighted by molar-refractivity contribution is 6.33. The number of aliphatic hydroxyl groups is 1. The van der Waals surface area contributed by atoms with Gasteiger partial charge in [-0.15, -0.1) is 0 Å². The van der Waals surface area contributed by atoms with Crippen LogP contribution in [0.4, 0.5) is 11.8 Å². The van der Waals surface area contributed by atoms with Crippen molar-refractivity contribution in [2.45, 2.75) is 63.4 Å². The average Bonchev–Trinajstić information content (AvgIpc) is 3.43. The second-order valence-corrected chi connectivity index (χ2v) is 13.1. The lowest BCUT2D eigenvalue weighted by molar-refractivity contribution is -0.126. The first-order valence-electron chi connectivity index (χ1n) is 16.3. The zero-order chi connectivity index (χ0) is 33.1. The monoisotopic (exact) mass is 662 g/mol. The Kier molecular flexibility index (Phi) is 10.2. The quantitative estimate of drug-likeness (QED) is 0.296.